The second-order valence-electron chi connectivity index (χ2n) is 9.67. The topological polar surface area (TPSA) is 129 Å². The Bertz CT molecular complexity index is 1340. The average molecular weight is 569 g/mol. The summed E-state index contributed by atoms with van der Waals surface area (Å²) in [6.45, 7) is 3.75. The minimum absolute atomic E-state index is 0.109. The molecule has 0 aliphatic carbocycles. The first-order valence-corrected chi connectivity index (χ1v) is 14.6. The van der Waals surface area contributed by atoms with Gasteiger partial charge in [-0.25, -0.2) is 8.42 Å². The van der Waals surface area contributed by atoms with Crippen molar-refractivity contribution in [2.45, 2.75) is 36.8 Å². The fourth-order valence-electron chi connectivity index (χ4n) is 4.44. The standard InChI is InChI=1S/C29H36N4O6S/c1-21(34)31-23-5-13-29(14-6-23)40(36,37)32-24-3-7-25(8-4-24)33-17-15-22(16-18-33)30-19-26(35)20-39-28-11-9-27(38-2)10-12-28/h3-14,22,26,30,32,35H,15-20H2,1-2H3,(H,31,34). The largest absolute Gasteiger partial charge is 0.497 e. The van der Waals surface area contributed by atoms with E-state index in [4.69, 9.17) is 9.47 Å². The number of hydrogen-bond acceptors (Lipinski definition) is 8. The molecule has 1 aliphatic heterocycles. The van der Waals surface area contributed by atoms with Crippen LogP contribution in [-0.4, -0.2) is 64.9 Å². The van der Waals surface area contributed by atoms with E-state index in [1.54, 1.807) is 31.4 Å². The molecule has 1 fully saturated rings. The van der Waals surface area contributed by atoms with Gasteiger partial charge in [-0.2, -0.15) is 0 Å². The molecular formula is C29H36N4O6S. The number of rotatable bonds is 12. The molecule has 0 bridgehead atoms. The Morgan fingerprint density at radius 2 is 1.55 bits per heavy atom. The number of ether oxygens (including phenoxy) is 2. The maximum absolute atomic E-state index is 12.8. The highest BCUT2D eigenvalue weighted by Gasteiger charge is 2.21. The van der Waals surface area contributed by atoms with Gasteiger partial charge in [0.15, 0.2) is 0 Å². The van der Waals surface area contributed by atoms with E-state index in [0.29, 0.717) is 29.7 Å². The lowest BCUT2D eigenvalue weighted by atomic mass is 10.0. The van der Waals surface area contributed by atoms with Gasteiger partial charge in [0, 0.05) is 49.7 Å². The molecule has 1 aliphatic rings. The lowest BCUT2D eigenvalue weighted by molar-refractivity contribution is -0.114. The summed E-state index contributed by atoms with van der Waals surface area (Å²) in [5.74, 6) is 1.22. The summed E-state index contributed by atoms with van der Waals surface area (Å²) in [6, 6.07) is 20.9. The number of anilines is 3. The van der Waals surface area contributed by atoms with Crippen LogP contribution in [0.1, 0.15) is 19.8 Å². The van der Waals surface area contributed by atoms with Gasteiger partial charge in [0.1, 0.15) is 24.2 Å². The number of carbonyl (C=O) groups is 1. The first-order chi connectivity index (χ1) is 19.2. The van der Waals surface area contributed by atoms with Gasteiger partial charge in [0.2, 0.25) is 5.91 Å². The number of nitrogens with one attached hydrogen (secondary N) is 3. The lowest BCUT2D eigenvalue weighted by Crippen LogP contribution is -2.45. The molecule has 0 saturated carbocycles. The minimum atomic E-state index is -3.76. The summed E-state index contributed by atoms with van der Waals surface area (Å²) in [6.07, 6.45) is 1.23. The van der Waals surface area contributed by atoms with Gasteiger partial charge in [-0.1, -0.05) is 0 Å². The maximum Gasteiger partial charge on any atom is 0.261 e. The number of hydrogen-bond donors (Lipinski definition) is 4. The van der Waals surface area contributed by atoms with Crippen LogP contribution >= 0.6 is 0 Å². The summed E-state index contributed by atoms with van der Waals surface area (Å²) in [5.41, 5.74) is 2.02. The van der Waals surface area contributed by atoms with Gasteiger partial charge in [0.05, 0.1) is 12.0 Å². The van der Waals surface area contributed by atoms with Crippen LogP contribution in [0.2, 0.25) is 0 Å². The van der Waals surface area contributed by atoms with Crippen LogP contribution < -0.4 is 29.7 Å². The van der Waals surface area contributed by atoms with Crippen LogP contribution in [0.4, 0.5) is 17.1 Å². The fourth-order valence-corrected chi connectivity index (χ4v) is 5.50. The molecule has 0 radical (unpaired) electrons. The SMILES string of the molecule is COc1ccc(OCC(O)CNC2CCN(c3ccc(NS(=O)(=O)c4ccc(NC(C)=O)cc4)cc3)CC2)cc1. The van der Waals surface area contributed by atoms with Crippen molar-refractivity contribution in [3.63, 3.8) is 0 Å². The van der Waals surface area contributed by atoms with Gasteiger partial charge in [0.25, 0.3) is 10.0 Å². The van der Waals surface area contributed by atoms with Crippen molar-refractivity contribution in [3.8, 4) is 11.5 Å². The smallest absolute Gasteiger partial charge is 0.261 e. The summed E-state index contributed by atoms with van der Waals surface area (Å²) < 4.78 is 38.9. The zero-order chi connectivity index (χ0) is 28.5. The Balaban J connectivity index is 1.20. The normalized spacial score (nSPS) is 14.8. The van der Waals surface area contributed by atoms with E-state index >= 15 is 0 Å². The molecule has 1 unspecified atom stereocenters. The molecule has 11 heteroatoms. The molecule has 0 aromatic heterocycles. The van der Waals surface area contributed by atoms with E-state index < -0.39 is 16.1 Å². The fraction of sp³-hybridized carbons (Fsp3) is 0.345. The van der Waals surface area contributed by atoms with Crippen LogP contribution in [0.25, 0.3) is 0 Å². The third-order valence-electron chi connectivity index (χ3n) is 6.61. The predicted molar refractivity (Wildman–Crippen MR) is 156 cm³/mol. The van der Waals surface area contributed by atoms with Crippen molar-refractivity contribution < 1.29 is 27.8 Å². The molecule has 1 atom stereocenters. The summed E-state index contributed by atoms with van der Waals surface area (Å²) >= 11 is 0. The van der Waals surface area contributed by atoms with Crippen molar-refractivity contribution in [3.05, 3.63) is 72.8 Å². The van der Waals surface area contributed by atoms with Crippen LogP contribution in [0.3, 0.4) is 0 Å². The van der Waals surface area contributed by atoms with Crippen LogP contribution in [0.15, 0.2) is 77.7 Å². The van der Waals surface area contributed by atoms with Gasteiger partial charge < -0.3 is 30.1 Å². The molecule has 1 amide bonds. The summed E-state index contributed by atoms with van der Waals surface area (Å²) in [5, 5.41) is 16.4. The molecule has 0 spiro atoms. The van der Waals surface area contributed by atoms with Gasteiger partial charge in [-0.3, -0.25) is 9.52 Å². The number of aliphatic hydroxyl groups is 1. The Kier molecular flexibility index (Phi) is 9.86. The van der Waals surface area contributed by atoms with E-state index in [2.05, 4.69) is 20.3 Å². The van der Waals surface area contributed by atoms with Crippen molar-refractivity contribution in [2.24, 2.45) is 0 Å². The molecule has 214 valence electrons. The first kappa shape index (κ1) is 29.2. The van der Waals surface area contributed by atoms with Gasteiger partial charge >= 0.3 is 0 Å². The number of benzene rings is 3. The van der Waals surface area contributed by atoms with E-state index in [0.717, 1.165) is 37.4 Å². The van der Waals surface area contributed by atoms with E-state index in [-0.39, 0.29) is 17.4 Å². The molecule has 3 aromatic carbocycles. The van der Waals surface area contributed by atoms with Crippen molar-refractivity contribution in [2.75, 3.05) is 48.3 Å². The molecule has 1 heterocycles. The zero-order valence-corrected chi connectivity index (χ0v) is 23.5. The summed E-state index contributed by atoms with van der Waals surface area (Å²) in [7, 11) is -2.15. The third-order valence-corrected chi connectivity index (χ3v) is 8.01. The number of carbonyl (C=O) groups excluding carboxylic acids is 1. The van der Waals surface area contributed by atoms with Crippen molar-refractivity contribution >= 4 is 33.0 Å². The number of aliphatic hydroxyl groups excluding tert-OH is 1. The summed E-state index contributed by atoms with van der Waals surface area (Å²) in [4.78, 5) is 13.5. The highest BCUT2D eigenvalue weighted by atomic mass is 32.2. The highest BCUT2D eigenvalue weighted by molar-refractivity contribution is 7.92. The Morgan fingerprint density at radius 1 is 0.950 bits per heavy atom. The second kappa shape index (κ2) is 13.5. The number of piperidine rings is 1. The number of amides is 1. The number of nitrogens with zero attached hydrogens (tertiary/aromatic N) is 1. The predicted octanol–water partition coefficient (Wildman–Crippen LogP) is 3.45. The van der Waals surface area contributed by atoms with E-state index in [9.17, 15) is 18.3 Å². The van der Waals surface area contributed by atoms with E-state index in [1.807, 2.05) is 36.4 Å². The number of sulfonamides is 1. The van der Waals surface area contributed by atoms with Crippen LogP contribution in [0, 0.1) is 0 Å². The van der Waals surface area contributed by atoms with E-state index in [1.165, 1.54) is 19.1 Å². The highest BCUT2D eigenvalue weighted by Crippen LogP contribution is 2.24. The molecule has 4 N–H and O–H groups in total. The zero-order valence-electron chi connectivity index (χ0n) is 22.7. The molecule has 3 aromatic rings. The van der Waals surface area contributed by atoms with Crippen molar-refractivity contribution in [1.29, 1.82) is 0 Å². The second-order valence-corrected chi connectivity index (χ2v) is 11.4. The van der Waals surface area contributed by atoms with Gasteiger partial charge in [-0.05, 0) is 85.6 Å². The average Bonchev–Trinajstić information content (AvgIpc) is 2.96. The first-order valence-electron chi connectivity index (χ1n) is 13.2. The van der Waals surface area contributed by atoms with Crippen LogP contribution in [0.5, 0.6) is 11.5 Å². The number of methoxy groups -OCH3 is 1. The molecule has 10 nitrogen and oxygen atoms in total. The Hall–Kier alpha value is -3.80. The lowest BCUT2D eigenvalue weighted by Gasteiger charge is -2.34. The van der Waals surface area contributed by atoms with Crippen molar-refractivity contribution in [1.82, 2.24) is 5.32 Å². The Morgan fingerprint density at radius 3 is 2.15 bits per heavy atom. The minimum Gasteiger partial charge on any atom is -0.497 e. The van der Waals surface area contributed by atoms with Crippen LogP contribution in [-0.2, 0) is 14.8 Å². The molecule has 4 rings (SSSR count). The Labute approximate surface area is 235 Å². The molecule has 1 saturated heterocycles. The molecule has 40 heavy (non-hydrogen) atoms. The van der Waals surface area contributed by atoms with Gasteiger partial charge in [-0.15, -0.1) is 0 Å². The molecular weight excluding hydrogens is 532 g/mol. The third kappa shape index (κ3) is 8.35. The quantitative estimate of drug-likeness (QED) is 0.262. The monoisotopic (exact) mass is 568 g/mol. The maximum atomic E-state index is 12.8.